The fraction of sp³-hybridized carbons (Fsp3) is 0.517. The molecule has 7 nitrogen and oxygen atoms in total. The molecule has 1 spiro atoms. The Labute approximate surface area is 222 Å². The number of rotatable bonds is 6. The van der Waals surface area contributed by atoms with Gasteiger partial charge in [-0.05, 0) is 55.9 Å². The van der Waals surface area contributed by atoms with Crippen molar-refractivity contribution in [1.82, 2.24) is 9.80 Å². The molecule has 1 saturated heterocycles. The first kappa shape index (κ1) is 27.8. The lowest BCUT2D eigenvalue weighted by molar-refractivity contribution is -0.177. The Morgan fingerprint density at radius 2 is 1.95 bits per heavy atom. The van der Waals surface area contributed by atoms with E-state index in [0.717, 1.165) is 55.5 Å². The van der Waals surface area contributed by atoms with Gasteiger partial charge < -0.3 is 24.0 Å². The van der Waals surface area contributed by atoms with Crippen LogP contribution in [0.4, 0.5) is 8.78 Å². The van der Waals surface area contributed by atoms with Gasteiger partial charge in [-0.15, -0.1) is 0 Å². The van der Waals surface area contributed by atoms with E-state index >= 15 is 0 Å². The van der Waals surface area contributed by atoms with E-state index in [1.165, 1.54) is 0 Å². The van der Waals surface area contributed by atoms with Crippen molar-refractivity contribution in [2.75, 3.05) is 46.0 Å². The highest BCUT2D eigenvalue weighted by Crippen LogP contribution is 2.30. The normalized spacial score (nSPS) is 20.8. The number of nitrogens with zero attached hydrogens (tertiary/aromatic N) is 2. The Balaban J connectivity index is 1.50. The molecule has 38 heavy (non-hydrogen) atoms. The Kier molecular flexibility index (Phi) is 9.55. The summed E-state index contributed by atoms with van der Waals surface area (Å²) in [7, 11) is 0. The van der Waals surface area contributed by atoms with E-state index in [2.05, 4.69) is 13.0 Å². The third kappa shape index (κ3) is 6.81. The van der Waals surface area contributed by atoms with Gasteiger partial charge in [-0.2, -0.15) is 0 Å². The molecule has 1 unspecified atom stereocenters. The zero-order valence-corrected chi connectivity index (χ0v) is 21.9. The van der Waals surface area contributed by atoms with Gasteiger partial charge in [0.15, 0.2) is 23.8 Å². The zero-order chi connectivity index (χ0) is 27.0. The summed E-state index contributed by atoms with van der Waals surface area (Å²) >= 11 is 0. The van der Waals surface area contributed by atoms with Gasteiger partial charge in [-0.1, -0.05) is 31.5 Å². The molecule has 2 amide bonds. The molecule has 2 heterocycles. The molecule has 206 valence electrons. The molecule has 0 aromatic heterocycles. The quantitative estimate of drug-likeness (QED) is 0.555. The van der Waals surface area contributed by atoms with E-state index in [9.17, 15) is 18.4 Å². The van der Waals surface area contributed by atoms with Crippen LogP contribution in [-0.4, -0.2) is 73.2 Å². The molecule has 2 aromatic rings. The Morgan fingerprint density at radius 3 is 2.76 bits per heavy atom. The van der Waals surface area contributed by atoms with Gasteiger partial charge in [-0.3, -0.25) is 9.59 Å². The number of ether oxygens (including phenoxy) is 3. The minimum atomic E-state index is -1.17. The van der Waals surface area contributed by atoms with Gasteiger partial charge in [0, 0.05) is 19.2 Å². The largest absolute Gasteiger partial charge is 0.491 e. The first-order valence-corrected chi connectivity index (χ1v) is 13.4. The lowest BCUT2D eigenvalue weighted by atomic mass is 9.90. The molecule has 9 heteroatoms. The van der Waals surface area contributed by atoms with Crippen molar-refractivity contribution >= 4 is 11.8 Å². The zero-order valence-electron chi connectivity index (χ0n) is 21.9. The van der Waals surface area contributed by atoms with Crippen LogP contribution in [0.1, 0.15) is 44.6 Å². The maximum atomic E-state index is 14.0. The predicted molar refractivity (Wildman–Crippen MR) is 138 cm³/mol. The molecule has 2 aliphatic rings. The standard InChI is InChI=1S/C29H36F2N2O5/c1-2-3-14-32-15-17-36-25-10-5-4-8-22(25)9-6-7-13-29(28(32)35)21-33(16-18-38-29)27(34)20-37-26-12-11-23(30)19-24(26)31/h4-5,8,10-12,19H,2-3,6-7,9,13-18,20-21H2,1H3. The SMILES string of the molecule is CCCCN1CCOc2ccccc2CCCCC2(CN(C(=O)COc3ccc(F)cc3F)CCO2)C1=O. The third-order valence-corrected chi connectivity index (χ3v) is 7.11. The van der Waals surface area contributed by atoms with Gasteiger partial charge in [0.25, 0.3) is 11.8 Å². The summed E-state index contributed by atoms with van der Waals surface area (Å²) in [5.74, 6) is -1.45. The van der Waals surface area contributed by atoms with E-state index in [1.807, 2.05) is 18.2 Å². The van der Waals surface area contributed by atoms with Crippen LogP contribution in [0.15, 0.2) is 42.5 Å². The lowest BCUT2D eigenvalue weighted by Gasteiger charge is -2.44. The number of fused-ring (bicyclic) bond motifs is 1. The van der Waals surface area contributed by atoms with Gasteiger partial charge >= 0.3 is 0 Å². The van der Waals surface area contributed by atoms with Gasteiger partial charge in [0.2, 0.25) is 0 Å². The van der Waals surface area contributed by atoms with Gasteiger partial charge in [0.1, 0.15) is 18.2 Å². The van der Waals surface area contributed by atoms with Crippen LogP contribution in [-0.2, 0) is 20.7 Å². The molecule has 0 aliphatic carbocycles. The van der Waals surface area contributed by atoms with E-state index in [-0.39, 0.29) is 30.7 Å². The number of unbranched alkanes of at least 4 members (excludes halogenated alkanes) is 1. The van der Waals surface area contributed by atoms with Gasteiger partial charge in [0.05, 0.1) is 19.7 Å². The lowest BCUT2D eigenvalue weighted by Crippen LogP contribution is -2.62. The Hall–Kier alpha value is -3.20. The fourth-order valence-corrected chi connectivity index (χ4v) is 5.00. The first-order chi connectivity index (χ1) is 18.4. The first-order valence-electron chi connectivity index (χ1n) is 13.4. The molecule has 4 rings (SSSR count). The summed E-state index contributed by atoms with van der Waals surface area (Å²) in [5.41, 5.74) is -0.0262. The summed E-state index contributed by atoms with van der Waals surface area (Å²) in [5, 5.41) is 0. The molecular formula is C29H36F2N2O5. The third-order valence-electron chi connectivity index (χ3n) is 7.11. The Bertz CT molecular complexity index is 1110. The number of hydrogen-bond acceptors (Lipinski definition) is 5. The molecule has 2 aliphatic heterocycles. The van der Waals surface area contributed by atoms with Crippen LogP contribution in [0, 0.1) is 11.6 Å². The number of aryl methyl sites for hydroxylation is 1. The monoisotopic (exact) mass is 530 g/mol. The second kappa shape index (κ2) is 13.0. The van der Waals surface area contributed by atoms with Crippen LogP contribution >= 0.6 is 0 Å². The molecule has 0 bridgehead atoms. The van der Waals surface area contributed by atoms with Crippen LogP contribution in [0.3, 0.4) is 0 Å². The number of para-hydroxylation sites is 1. The van der Waals surface area contributed by atoms with Crippen LogP contribution < -0.4 is 9.47 Å². The van der Waals surface area contributed by atoms with Gasteiger partial charge in [-0.25, -0.2) is 8.78 Å². The molecule has 0 N–H and O–H groups in total. The second-order valence-corrected chi connectivity index (χ2v) is 9.83. The minimum absolute atomic E-state index is 0.0972. The average Bonchev–Trinajstić information content (AvgIpc) is 2.92. The number of carbonyl (C=O) groups excluding carboxylic acids is 2. The second-order valence-electron chi connectivity index (χ2n) is 9.83. The van der Waals surface area contributed by atoms with E-state index < -0.39 is 23.8 Å². The number of hydrogen-bond donors (Lipinski definition) is 0. The van der Waals surface area contributed by atoms with E-state index in [0.29, 0.717) is 38.7 Å². The van der Waals surface area contributed by atoms with E-state index in [4.69, 9.17) is 14.2 Å². The van der Waals surface area contributed by atoms with Crippen molar-refractivity contribution in [3.63, 3.8) is 0 Å². The molecule has 2 aromatic carbocycles. The number of amides is 2. The van der Waals surface area contributed by atoms with Crippen molar-refractivity contribution in [2.24, 2.45) is 0 Å². The minimum Gasteiger partial charge on any atom is -0.491 e. The number of halogens is 2. The van der Waals surface area contributed by atoms with Crippen LogP contribution in [0.2, 0.25) is 0 Å². The summed E-state index contributed by atoms with van der Waals surface area (Å²) in [4.78, 5) is 30.4. The fourth-order valence-electron chi connectivity index (χ4n) is 5.00. The van der Waals surface area contributed by atoms with Crippen molar-refractivity contribution < 1.29 is 32.6 Å². The summed E-state index contributed by atoms with van der Waals surface area (Å²) in [6.07, 6.45) is 4.66. The predicted octanol–water partition coefficient (Wildman–Crippen LogP) is 4.38. The maximum Gasteiger partial charge on any atom is 0.260 e. The average molecular weight is 531 g/mol. The Morgan fingerprint density at radius 1 is 1.11 bits per heavy atom. The molecule has 1 atom stereocenters. The van der Waals surface area contributed by atoms with Crippen LogP contribution in [0.5, 0.6) is 11.5 Å². The molecule has 0 saturated carbocycles. The van der Waals surface area contributed by atoms with Crippen molar-refractivity contribution in [3.8, 4) is 11.5 Å². The molecule has 0 radical (unpaired) electrons. The van der Waals surface area contributed by atoms with Crippen molar-refractivity contribution in [2.45, 2.75) is 51.0 Å². The van der Waals surface area contributed by atoms with Crippen LogP contribution in [0.25, 0.3) is 0 Å². The number of benzene rings is 2. The summed E-state index contributed by atoms with van der Waals surface area (Å²) < 4.78 is 44.8. The summed E-state index contributed by atoms with van der Waals surface area (Å²) in [6, 6.07) is 10.9. The highest BCUT2D eigenvalue weighted by Gasteiger charge is 2.46. The topological polar surface area (TPSA) is 68.3 Å². The van der Waals surface area contributed by atoms with Crippen molar-refractivity contribution in [1.29, 1.82) is 0 Å². The van der Waals surface area contributed by atoms with Crippen molar-refractivity contribution in [3.05, 3.63) is 59.7 Å². The molecular weight excluding hydrogens is 494 g/mol. The maximum absolute atomic E-state index is 14.0. The van der Waals surface area contributed by atoms with E-state index in [1.54, 1.807) is 9.80 Å². The number of carbonyl (C=O) groups is 2. The highest BCUT2D eigenvalue weighted by atomic mass is 19.1. The highest BCUT2D eigenvalue weighted by molar-refractivity contribution is 5.87. The molecule has 1 fully saturated rings. The summed E-state index contributed by atoms with van der Waals surface area (Å²) in [6.45, 7) is 3.62. The number of morpholine rings is 1. The smallest absolute Gasteiger partial charge is 0.260 e.